The van der Waals surface area contributed by atoms with Crippen LogP contribution in [0.1, 0.15) is 44.5 Å². The maximum Gasteiger partial charge on any atom is 0.122 e. The SMILES string of the molecule is CCOC(C)c1nc(C(C)(C)CN)cs1. The molecule has 0 saturated carbocycles. The number of rotatable bonds is 5. The van der Waals surface area contributed by atoms with Crippen LogP contribution in [0.15, 0.2) is 5.38 Å². The van der Waals surface area contributed by atoms with E-state index < -0.39 is 0 Å². The molecule has 0 aromatic carbocycles. The minimum absolute atomic E-state index is 0.0410. The summed E-state index contributed by atoms with van der Waals surface area (Å²) in [7, 11) is 0. The number of nitrogens with two attached hydrogens (primary N) is 1. The van der Waals surface area contributed by atoms with Crippen LogP contribution in [0.5, 0.6) is 0 Å². The van der Waals surface area contributed by atoms with Gasteiger partial charge in [-0.2, -0.15) is 0 Å². The smallest absolute Gasteiger partial charge is 0.122 e. The lowest BCUT2D eigenvalue weighted by atomic mass is 9.90. The predicted molar refractivity (Wildman–Crippen MR) is 64.2 cm³/mol. The molecule has 0 aliphatic carbocycles. The molecule has 1 atom stereocenters. The Morgan fingerprint density at radius 3 is 2.80 bits per heavy atom. The van der Waals surface area contributed by atoms with Gasteiger partial charge in [-0.25, -0.2) is 4.98 Å². The van der Waals surface area contributed by atoms with Crippen molar-refractivity contribution in [2.75, 3.05) is 13.2 Å². The number of nitrogens with zero attached hydrogens (tertiary/aromatic N) is 1. The van der Waals surface area contributed by atoms with Crippen molar-refractivity contribution in [3.63, 3.8) is 0 Å². The Labute approximate surface area is 95.7 Å². The molecular weight excluding hydrogens is 208 g/mol. The van der Waals surface area contributed by atoms with Crippen LogP contribution in [-0.2, 0) is 10.2 Å². The minimum atomic E-state index is -0.0410. The largest absolute Gasteiger partial charge is 0.372 e. The standard InChI is InChI=1S/C11H20N2OS/c1-5-14-8(2)10-13-9(6-15-10)11(3,4)7-12/h6,8H,5,7,12H2,1-4H3. The van der Waals surface area contributed by atoms with Gasteiger partial charge in [-0.05, 0) is 13.8 Å². The van der Waals surface area contributed by atoms with E-state index in [0.29, 0.717) is 6.54 Å². The fraction of sp³-hybridized carbons (Fsp3) is 0.727. The first-order valence-electron chi connectivity index (χ1n) is 5.29. The molecule has 0 fully saturated rings. The molecule has 15 heavy (non-hydrogen) atoms. The summed E-state index contributed by atoms with van der Waals surface area (Å²) in [4.78, 5) is 4.58. The third-order valence-electron chi connectivity index (χ3n) is 2.49. The summed E-state index contributed by atoms with van der Waals surface area (Å²) in [6.07, 6.45) is 0.0855. The molecule has 0 saturated heterocycles. The van der Waals surface area contributed by atoms with Gasteiger partial charge in [0.25, 0.3) is 0 Å². The Hall–Kier alpha value is -0.450. The zero-order chi connectivity index (χ0) is 11.5. The topological polar surface area (TPSA) is 48.1 Å². The van der Waals surface area contributed by atoms with Crippen molar-refractivity contribution < 1.29 is 4.74 Å². The van der Waals surface area contributed by atoms with Crippen LogP contribution < -0.4 is 5.73 Å². The Morgan fingerprint density at radius 1 is 1.60 bits per heavy atom. The number of hydrogen-bond acceptors (Lipinski definition) is 4. The van der Waals surface area contributed by atoms with Crippen molar-refractivity contribution in [1.29, 1.82) is 0 Å². The molecule has 0 bridgehead atoms. The molecule has 0 spiro atoms. The molecule has 4 heteroatoms. The lowest BCUT2D eigenvalue weighted by Gasteiger charge is -2.19. The van der Waals surface area contributed by atoms with E-state index in [9.17, 15) is 0 Å². The van der Waals surface area contributed by atoms with Gasteiger partial charge < -0.3 is 10.5 Å². The lowest BCUT2D eigenvalue weighted by molar-refractivity contribution is 0.0760. The Balaban J connectivity index is 2.80. The van der Waals surface area contributed by atoms with Gasteiger partial charge in [-0.15, -0.1) is 11.3 Å². The van der Waals surface area contributed by atoms with Crippen LogP contribution in [0, 0.1) is 0 Å². The highest BCUT2D eigenvalue weighted by Crippen LogP contribution is 2.27. The van der Waals surface area contributed by atoms with E-state index in [1.54, 1.807) is 11.3 Å². The third kappa shape index (κ3) is 3.00. The summed E-state index contributed by atoms with van der Waals surface area (Å²) < 4.78 is 5.50. The van der Waals surface area contributed by atoms with Gasteiger partial charge in [-0.1, -0.05) is 13.8 Å². The van der Waals surface area contributed by atoms with Crippen LogP contribution >= 0.6 is 11.3 Å². The summed E-state index contributed by atoms with van der Waals surface area (Å²) in [5, 5.41) is 3.12. The molecule has 86 valence electrons. The molecule has 1 heterocycles. The average molecular weight is 228 g/mol. The van der Waals surface area contributed by atoms with Gasteiger partial charge >= 0.3 is 0 Å². The number of thiazole rings is 1. The number of hydrogen-bond donors (Lipinski definition) is 1. The van der Waals surface area contributed by atoms with E-state index in [0.717, 1.165) is 17.3 Å². The quantitative estimate of drug-likeness (QED) is 0.842. The van der Waals surface area contributed by atoms with Crippen LogP contribution in [0.3, 0.4) is 0 Å². The first kappa shape index (κ1) is 12.6. The van der Waals surface area contributed by atoms with Crippen LogP contribution in [-0.4, -0.2) is 18.1 Å². The molecule has 0 radical (unpaired) electrons. The highest BCUT2D eigenvalue weighted by atomic mass is 32.1. The first-order valence-corrected chi connectivity index (χ1v) is 6.16. The van der Waals surface area contributed by atoms with E-state index in [2.05, 4.69) is 24.2 Å². The van der Waals surface area contributed by atoms with Gasteiger partial charge in [0.2, 0.25) is 0 Å². The van der Waals surface area contributed by atoms with Crippen molar-refractivity contribution in [3.8, 4) is 0 Å². The van der Waals surface area contributed by atoms with Crippen molar-refractivity contribution >= 4 is 11.3 Å². The number of ether oxygens (including phenoxy) is 1. The molecule has 3 nitrogen and oxygen atoms in total. The molecule has 1 aromatic rings. The predicted octanol–water partition coefficient (Wildman–Crippen LogP) is 2.48. The molecule has 2 N–H and O–H groups in total. The molecule has 0 aliphatic rings. The summed E-state index contributed by atoms with van der Waals surface area (Å²) in [6, 6.07) is 0. The normalized spacial score (nSPS) is 14.2. The zero-order valence-corrected chi connectivity index (χ0v) is 10.7. The lowest BCUT2D eigenvalue weighted by Crippen LogP contribution is -2.28. The highest BCUT2D eigenvalue weighted by molar-refractivity contribution is 7.09. The van der Waals surface area contributed by atoms with Crippen molar-refractivity contribution in [1.82, 2.24) is 4.98 Å². The number of aromatic nitrogens is 1. The van der Waals surface area contributed by atoms with Crippen molar-refractivity contribution in [2.45, 2.75) is 39.2 Å². The maximum atomic E-state index is 5.72. The highest BCUT2D eigenvalue weighted by Gasteiger charge is 2.23. The molecule has 0 aliphatic heterocycles. The summed E-state index contributed by atoms with van der Waals surface area (Å²) >= 11 is 1.65. The first-order chi connectivity index (χ1) is 7.01. The third-order valence-corrected chi connectivity index (χ3v) is 3.50. The van der Waals surface area contributed by atoms with Gasteiger partial charge in [0.15, 0.2) is 0 Å². The summed E-state index contributed by atoms with van der Waals surface area (Å²) in [5.74, 6) is 0. The van der Waals surface area contributed by atoms with Crippen LogP contribution in [0.4, 0.5) is 0 Å². The summed E-state index contributed by atoms with van der Waals surface area (Å²) in [5.41, 5.74) is 6.74. The molecule has 1 rings (SSSR count). The fourth-order valence-corrected chi connectivity index (χ4v) is 2.23. The van der Waals surface area contributed by atoms with Crippen molar-refractivity contribution in [3.05, 3.63) is 16.1 Å². The monoisotopic (exact) mass is 228 g/mol. The van der Waals surface area contributed by atoms with E-state index in [1.807, 2.05) is 13.8 Å². The zero-order valence-electron chi connectivity index (χ0n) is 9.91. The molecule has 0 amide bonds. The molecule has 1 unspecified atom stereocenters. The molecule has 1 aromatic heterocycles. The maximum absolute atomic E-state index is 5.72. The fourth-order valence-electron chi connectivity index (χ4n) is 1.21. The second-order valence-corrected chi connectivity index (χ2v) is 5.15. The van der Waals surface area contributed by atoms with Gasteiger partial charge in [-0.3, -0.25) is 0 Å². The molecular formula is C11H20N2OS. The Morgan fingerprint density at radius 2 is 2.27 bits per heavy atom. The van der Waals surface area contributed by atoms with Gasteiger partial charge in [0.05, 0.1) is 5.69 Å². The van der Waals surface area contributed by atoms with Crippen molar-refractivity contribution in [2.24, 2.45) is 5.73 Å². The van der Waals surface area contributed by atoms with E-state index in [-0.39, 0.29) is 11.5 Å². The minimum Gasteiger partial charge on any atom is -0.372 e. The van der Waals surface area contributed by atoms with E-state index in [4.69, 9.17) is 10.5 Å². The Bertz CT molecular complexity index is 309. The average Bonchev–Trinajstić information content (AvgIpc) is 2.67. The van der Waals surface area contributed by atoms with Crippen LogP contribution in [0.25, 0.3) is 0 Å². The van der Waals surface area contributed by atoms with Gasteiger partial charge in [0.1, 0.15) is 11.1 Å². The second kappa shape index (κ2) is 5.05. The summed E-state index contributed by atoms with van der Waals surface area (Å²) in [6.45, 7) is 9.57. The van der Waals surface area contributed by atoms with Gasteiger partial charge in [0, 0.05) is 23.9 Å². The second-order valence-electron chi connectivity index (χ2n) is 4.26. The Kier molecular flexibility index (Phi) is 4.25. The van der Waals surface area contributed by atoms with E-state index in [1.165, 1.54) is 0 Å². The van der Waals surface area contributed by atoms with Crippen LogP contribution in [0.2, 0.25) is 0 Å². The van der Waals surface area contributed by atoms with E-state index >= 15 is 0 Å².